The van der Waals surface area contributed by atoms with Crippen LogP contribution in [0.15, 0.2) is 23.1 Å². The van der Waals surface area contributed by atoms with E-state index in [-0.39, 0.29) is 16.3 Å². The van der Waals surface area contributed by atoms with E-state index in [2.05, 4.69) is 18.7 Å². The van der Waals surface area contributed by atoms with Crippen LogP contribution in [0.1, 0.15) is 20.3 Å². The molecule has 8 nitrogen and oxygen atoms in total. The van der Waals surface area contributed by atoms with Gasteiger partial charge in [-0.2, -0.15) is 4.31 Å². The van der Waals surface area contributed by atoms with Crippen LogP contribution in [0.2, 0.25) is 0 Å². The summed E-state index contributed by atoms with van der Waals surface area (Å²) in [7, 11) is -2.44. The van der Waals surface area contributed by atoms with Crippen LogP contribution in [-0.4, -0.2) is 62.4 Å². The van der Waals surface area contributed by atoms with Crippen LogP contribution in [0, 0.1) is 16.0 Å². The molecule has 140 valence electrons. The Kier molecular flexibility index (Phi) is 6.36. The second-order valence-electron chi connectivity index (χ2n) is 6.52. The van der Waals surface area contributed by atoms with E-state index in [0.717, 1.165) is 19.0 Å². The molecule has 0 atom stereocenters. The average Bonchev–Trinajstić information content (AvgIpc) is 2.59. The van der Waals surface area contributed by atoms with Gasteiger partial charge in [-0.15, -0.1) is 0 Å². The zero-order chi connectivity index (χ0) is 18.6. The van der Waals surface area contributed by atoms with Gasteiger partial charge in [0.05, 0.1) is 16.9 Å². The van der Waals surface area contributed by atoms with E-state index >= 15 is 0 Å². The Morgan fingerprint density at radius 1 is 1.24 bits per heavy atom. The van der Waals surface area contributed by atoms with Crippen LogP contribution in [0.25, 0.3) is 0 Å². The number of hydrogen-bond donors (Lipinski definition) is 0. The van der Waals surface area contributed by atoms with E-state index < -0.39 is 14.9 Å². The molecule has 0 aromatic heterocycles. The number of piperazine rings is 1. The summed E-state index contributed by atoms with van der Waals surface area (Å²) in [5.74, 6) is 0.657. The number of nitro groups is 1. The highest BCUT2D eigenvalue weighted by Gasteiger charge is 2.30. The number of benzene rings is 1. The van der Waals surface area contributed by atoms with Crippen molar-refractivity contribution in [2.45, 2.75) is 25.2 Å². The van der Waals surface area contributed by atoms with Crippen molar-refractivity contribution in [1.29, 1.82) is 0 Å². The maximum atomic E-state index is 12.8. The predicted octanol–water partition coefficient (Wildman–Crippen LogP) is 1.96. The Balaban J connectivity index is 2.12. The lowest BCUT2D eigenvalue weighted by molar-refractivity contribution is -0.386. The van der Waals surface area contributed by atoms with Gasteiger partial charge in [0, 0.05) is 32.2 Å². The largest absolute Gasteiger partial charge is 0.490 e. The molecule has 1 fully saturated rings. The van der Waals surface area contributed by atoms with E-state index in [1.54, 1.807) is 0 Å². The van der Waals surface area contributed by atoms with Crippen molar-refractivity contribution in [3.05, 3.63) is 28.3 Å². The molecule has 0 radical (unpaired) electrons. The molecule has 1 aromatic rings. The Hall–Kier alpha value is -1.71. The lowest BCUT2D eigenvalue weighted by Crippen LogP contribution is -2.48. The molecular weight excluding hydrogens is 346 g/mol. The molecule has 1 aliphatic heterocycles. The average molecular weight is 371 g/mol. The van der Waals surface area contributed by atoms with E-state index in [4.69, 9.17) is 4.74 Å². The molecule has 0 bridgehead atoms. The van der Waals surface area contributed by atoms with Gasteiger partial charge in [-0.25, -0.2) is 8.42 Å². The number of rotatable bonds is 7. The Labute approximate surface area is 148 Å². The molecule has 1 saturated heterocycles. The standard InChI is InChI=1S/C16H25N3O5S/c1-13(2)6-7-17-8-10-18(11-9-17)25(22,23)14-4-5-16(24-3)15(12-14)19(20)21/h4-5,12-13H,6-11H2,1-3H3. The lowest BCUT2D eigenvalue weighted by atomic mass is 10.1. The first-order valence-electron chi connectivity index (χ1n) is 8.30. The highest BCUT2D eigenvalue weighted by molar-refractivity contribution is 7.89. The predicted molar refractivity (Wildman–Crippen MR) is 94.3 cm³/mol. The van der Waals surface area contributed by atoms with Gasteiger partial charge in [-0.3, -0.25) is 10.1 Å². The van der Waals surface area contributed by atoms with Gasteiger partial charge in [-0.1, -0.05) is 13.8 Å². The number of methoxy groups -OCH3 is 1. The van der Waals surface area contributed by atoms with E-state index in [0.29, 0.717) is 32.1 Å². The number of nitro benzene ring substituents is 1. The molecule has 1 aromatic carbocycles. The second-order valence-corrected chi connectivity index (χ2v) is 8.46. The van der Waals surface area contributed by atoms with Gasteiger partial charge >= 0.3 is 5.69 Å². The third kappa shape index (κ3) is 4.68. The minimum atomic E-state index is -3.75. The summed E-state index contributed by atoms with van der Waals surface area (Å²) in [6, 6.07) is 3.75. The third-order valence-corrected chi connectivity index (χ3v) is 6.23. The minimum absolute atomic E-state index is 0.0439. The summed E-state index contributed by atoms with van der Waals surface area (Å²) < 4.78 is 31.9. The first-order chi connectivity index (χ1) is 11.8. The second kappa shape index (κ2) is 8.11. The van der Waals surface area contributed by atoms with Crippen LogP contribution >= 0.6 is 0 Å². The van der Waals surface area contributed by atoms with Crippen molar-refractivity contribution in [3.63, 3.8) is 0 Å². The SMILES string of the molecule is COc1ccc(S(=O)(=O)N2CCN(CCC(C)C)CC2)cc1[N+](=O)[O-]. The molecule has 0 saturated carbocycles. The van der Waals surface area contributed by atoms with Crippen molar-refractivity contribution < 1.29 is 18.1 Å². The molecule has 0 aliphatic carbocycles. The minimum Gasteiger partial charge on any atom is -0.490 e. The molecule has 1 aliphatic rings. The summed E-state index contributed by atoms with van der Waals surface area (Å²) in [5, 5.41) is 11.1. The highest BCUT2D eigenvalue weighted by atomic mass is 32.2. The molecule has 0 unspecified atom stereocenters. The summed E-state index contributed by atoms with van der Waals surface area (Å²) >= 11 is 0. The molecule has 0 N–H and O–H groups in total. The quantitative estimate of drug-likeness (QED) is 0.537. The normalized spacial score (nSPS) is 17.0. The highest BCUT2D eigenvalue weighted by Crippen LogP contribution is 2.30. The number of sulfonamides is 1. The smallest absolute Gasteiger partial charge is 0.312 e. The zero-order valence-corrected chi connectivity index (χ0v) is 15.7. The number of nitrogens with zero attached hydrogens (tertiary/aromatic N) is 3. The molecule has 0 amide bonds. The maximum Gasteiger partial charge on any atom is 0.312 e. The monoisotopic (exact) mass is 371 g/mol. The van der Waals surface area contributed by atoms with Gasteiger partial charge in [0.1, 0.15) is 0 Å². The molecule has 2 rings (SSSR count). The maximum absolute atomic E-state index is 12.8. The van der Waals surface area contributed by atoms with E-state index in [1.807, 2.05) is 0 Å². The fraction of sp³-hybridized carbons (Fsp3) is 0.625. The topological polar surface area (TPSA) is 93.0 Å². The van der Waals surface area contributed by atoms with Crippen LogP contribution in [0.3, 0.4) is 0 Å². The molecular formula is C16H25N3O5S. The van der Waals surface area contributed by atoms with Crippen LogP contribution in [0.4, 0.5) is 5.69 Å². The molecule has 1 heterocycles. The first-order valence-corrected chi connectivity index (χ1v) is 9.74. The Morgan fingerprint density at radius 2 is 1.88 bits per heavy atom. The van der Waals surface area contributed by atoms with Gasteiger partial charge in [-0.05, 0) is 31.0 Å². The van der Waals surface area contributed by atoms with Crippen LogP contribution in [-0.2, 0) is 10.0 Å². The number of hydrogen-bond acceptors (Lipinski definition) is 6. The third-order valence-electron chi connectivity index (χ3n) is 4.34. The Morgan fingerprint density at radius 3 is 2.40 bits per heavy atom. The fourth-order valence-electron chi connectivity index (χ4n) is 2.76. The first kappa shape index (κ1) is 19.6. The van der Waals surface area contributed by atoms with Gasteiger partial charge < -0.3 is 9.64 Å². The molecule has 25 heavy (non-hydrogen) atoms. The van der Waals surface area contributed by atoms with Crippen LogP contribution < -0.4 is 4.74 Å². The van der Waals surface area contributed by atoms with E-state index in [9.17, 15) is 18.5 Å². The summed E-state index contributed by atoms with van der Waals surface area (Å²) in [5.41, 5.74) is -0.348. The van der Waals surface area contributed by atoms with Crippen molar-refractivity contribution in [3.8, 4) is 5.75 Å². The van der Waals surface area contributed by atoms with Gasteiger partial charge in [0.15, 0.2) is 5.75 Å². The fourth-order valence-corrected chi connectivity index (χ4v) is 4.20. The van der Waals surface area contributed by atoms with Crippen molar-refractivity contribution in [1.82, 2.24) is 9.21 Å². The van der Waals surface area contributed by atoms with E-state index in [1.165, 1.54) is 23.5 Å². The summed E-state index contributed by atoms with van der Waals surface area (Å²) in [6.07, 6.45) is 1.08. The lowest BCUT2D eigenvalue weighted by Gasteiger charge is -2.34. The van der Waals surface area contributed by atoms with Crippen molar-refractivity contribution in [2.24, 2.45) is 5.92 Å². The van der Waals surface area contributed by atoms with Gasteiger partial charge in [0.25, 0.3) is 0 Å². The van der Waals surface area contributed by atoms with Crippen LogP contribution in [0.5, 0.6) is 5.75 Å². The Bertz CT molecular complexity index is 712. The molecule has 9 heteroatoms. The van der Waals surface area contributed by atoms with Gasteiger partial charge in [0.2, 0.25) is 10.0 Å². The van der Waals surface area contributed by atoms with Crippen molar-refractivity contribution in [2.75, 3.05) is 39.8 Å². The number of ether oxygens (including phenoxy) is 1. The zero-order valence-electron chi connectivity index (χ0n) is 14.8. The van der Waals surface area contributed by atoms with Crippen molar-refractivity contribution >= 4 is 15.7 Å². The molecule has 0 spiro atoms. The summed E-state index contributed by atoms with van der Waals surface area (Å²) in [6.45, 7) is 7.41. The summed E-state index contributed by atoms with van der Waals surface area (Å²) in [4.78, 5) is 12.7.